The van der Waals surface area contributed by atoms with Gasteiger partial charge in [-0.05, 0) is 13.3 Å². The average Bonchev–Trinajstić information content (AvgIpc) is 2.22. The summed E-state index contributed by atoms with van der Waals surface area (Å²) in [4.78, 5) is 33.0. The molecule has 0 saturated heterocycles. The third kappa shape index (κ3) is 9.01. The Morgan fingerprint density at radius 2 is 1.63 bits per heavy atom. The molecule has 0 aromatic heterocycles. The van der Waals surface area contributed by atoms with Gasteiger partial charge in [-0.3, -0.25) is 9.59 Å². The van der Waals surface area contributed by atoms with Crippen molar-refractivity contribution in [2.24, 2.45) is 0 Å². The minimum atomic E-state index is -2.87. The van der Waals surface area contributed by atoms with Crippen LogP contribution in [0.1, 0.15) is 27.2 Å². The molecule has 19 heavy (non-hydrogen) atoms. The molecule has 0 aliphatic carbocycles. The first-order valence-corrected chi connectivity index (χ1v) is 8.50. The van der Waals surface area contributed by atoms with E-state index in [2.05, 4.69) is 0 Å². The molecule has 0 radical (unpaired) electrons. The molecule has 0 bridgehead atoms. The van der Waals surface area contributed by atoms with Crippen molar-refractivity contribution in [3.05, 3.63) is 12.2 Å². The van der Waals surface area contributed by atoms with Gasteiger partial charge in [0.1, 0.15) is 0 Å². The monoisotopic (exact) mass is 288 g/mol. The van der Waals surface area contributed by atoms with Crippen molar-refractivity contribution in [3.63, 3.8) is 0 Å². The molecule has 0 fully saturated rings. The van der Waals surface area contributed by atoms with Crippen LogP contribution in [0, 0.1) is 0 Å². The molecule has 6 nitrogen and oxygen atoms in total. The minimum absolute atomic E-state index is 0.189. The Labute approximate surface area is 114 Å². The van der Waals surface area contributed by atoms with E-state index in [1.807, 2.05) is 0 Å². The Balaban J connectivity index is 4.23. The van der Waals surface area contributed by atoms with Crippen LogP contribution in [-0.4, -0.2) is 33.1 Å². The quantitative estimate of drug-likeness (QED) is 0.307. The normalized spacial score (nSPS) is 11.2. The Bertz CT molecular complexity index is 347. The topological polar surface area (TPSA) is 78.9 Å². The Hall–Kier alpha value is -1.63. The Kier molecular flexibility index (Phi) is 7.74. The van der Waals surface area contributed by atoms with E-state index in [0.29, 0.717) is 12.5 Å². The van der Waals surface area contributed by atoms with Gasteiger partial charge in [-0.1, -0.05) is 6.08 Å². The van der Waals surface area contributed by atoms with Gasteiger partial charge in [-0.25, -0.2) is 4.79 Å². The molecule has 0 rings (SSSR count). The predicted octanol–water partition coefficient (Wildman–Crippen LogP) is 1.69. The van der Waals surface area contributed by atoms with Crippen LogP contribution in [0.15, 0.2) is 12.2 Å². The lowest BCUT2D eigenvalue weighted by molar-refractivity contribution is -0.140. The van der Waals surface area contributed by atoms with Crippen LogP contribution >= 0.6 is 0 Å². The van der Waals surface area contributed by atoms with E-state index in [-0.39, 0.29) is 6.61 Å². The molecule has 0 amide bonds. The maximum Gasteiger partial charge on any atom is 0.461 e. The van der Waals surface area contributed by atoms with E-state index in [9.17, 15) is 14.4 Å². The number of rotatable bonds is 7. The second-order valence-electron chi connectivity index (χ2n) is 4.09. The van der Waals surface area contributed by atoms with E-state index in [4.69, 9.17) is 13.6 Å². The summed E-state index contributed by atoms with van der Waals surface area (Å²) in [5.41, 5.74) is 0. The average molecular weight is 288 g/mol. The van der Waals surface area contributed by atoms with Crippen LogP contribution in [0.2, 0.25) is 12.6 Å². The molecule has 0 atom stereocenters. The van der Waals surface area contributed by atoms with Crippen LogP contribution in [0.25, 0.3) is 0 Å². The number of esters is 1. The molecule has 0 N–H and O–H groups in total. The van der Waals surface area contributed by atoms with Crippen molar-refractivity contribution < 1.29 is 28.0 Å². The van der Waals surface area contributed by atoms with Gasteiger partial charge in [0, 0.05) is 32.5 Å². The van der Waals surface area contributed by atoms with Crippen LogP contribution in [0.3, 0.4) is 0 Å². The van der Waals surface area contributed by atoms with Gasteiger partial charge in [-0.2, -0.15) is 0 Å². The first kappa shape index (κ1) is 17.4. The number of ether oxygens (including phenoxy) is 1. The second-order valence-corrected chi connectivity index (χ2v) is 7.27. The lowest BCUT2D eigenvalue weighted by Crippen LogP contribution is -2.41. The number of hydrogen-bond donors (Lipinski definition) is 0. The molecule has 108 valence electrons. The summed E-state index contributed by atoms with van der Waals surface area (Å²) in [6.45, 7) is 6.06. The third-order valence-electron chi connectivity index (χ3n) is 2.04. The Morgan fingerprint density at radius 1 is 1.11 bits per heavy atom. The van der Waals surface area contributed by atoms with Crippen molar-refractivity contribution in [1.82, 2.24) is 0 Å². The van der Waals surface area contributed by atoms with E-state index < -0.39 is 26.5 Å². The molecule has 0 aliphatic heterocycles. The van der Waals surface area contributed by atoms with Crippen molar-refractivity contribution >= 4 is 26.5 Å². The highest BCUT2D eigenvalue weighted by atomic mass is 28.4. The van der Waals surface area contributed by atoms with Crippen LogP contribution in [0.5, 0.6) is 0 Å². The number of allylic oxidation sites excluding steroid dienone is 1. The van der Waals surface area contributed by atoms with E-state index in [0.717, 1.165) is 0 Å². The van der Waals surface area contributed by atoms with E-state index >= 15 is 0 Å². The summed E-state index contributed by atoms with van der Waals surface area (Å²) in [7, 11) is -2.87. The van der Waals surface area contributed by atoms with Gasteiger partial charge in [-0.15, -0.1) is 0 Å². The highest BCUT2D eigenvalue weighted by Crippen LogP contribution is 2.16. The standard InChI is InChI=1S/C12H20O6Si/c1-5-7-12(15)16-8-6-9-19(4,17-10(2)13)18-11(3)14/h5,7H,6,8-9H2,1-4H3. The smallest absolute Gasteiger partial charge is 0.461 e. The van der Waals surface area contributed by atoms with Gasteiger partial charge in [0.05, 0.1) is 6.61 Å². The van der Waals surface area contributed by atoms with Crippen LogP contribution in [0.4, 0.5) is 0 Å². The first-order valence-electron chi connectivity index (χ1n) is 5.97. The molecule has 0 spiro atoms. The van der Waals surface area contributed by atoms with Gasteiger partial charge in [0.25, 0.3) is 11.9 Å². The van der Waals surface area contributed by atoms with Crippen LogP contribution < -0.4 is 0 Å². The summed E-state index contributed by atoms with van der Waals surface area (Å²) in [6, 6.07) is 0.384. The lowest BCUT2D eigenvalue weighted by Gasteiger charge is -2.24. The van der Waals surface area contributed by atoms with Crippen molar-refractivity contribution in [1.29, 1.82) is 0 Å². The molecular weight excluding hydrogens is 268 g/mol. The number of carbonyl (C=O) groups excluding carboxylic acids is 3. The fourth-order valence-corrected chi connectivity index (χ4v) is 3.73. The lowest BCUT2D eigenvalue weighted by atomic mass is 10.5. The van der Waals surface area contributed by atoms with Crippen LogP contribution in [-0.2, 0) is 28.0 Å². The van der Waals surface area contributed by atoms with Gasteiger partial charge < -0.3 is 13.6 Å². The van der Waals surface area contributed by atoms with Crippen molar-refractivity contribution in [2.45, 2.75) is 39.8 Å². The summed E-state index contributed by atoms with van der Waals surface area (Å²) < 4.78 is 15.1. The minimum Gasteiger partial charge on any atom is -0.485 e. The second kappa shape index (κ2) is 8.47. The van der Waals surface area contributed by atoms with Crippen molar-refractivity contribution in [2.75, 3.05) is 6.61 Å². The highest BCUT2D eigenvalue weighted by Gasteiger charge is 2.37. The zero-order valence-electron chi connectivity index (χ0n) is 11.7. The third-order valence-corrected chi connectivity index (χ3v) is 4.74. The zero-order chi connectivity index (χ0) is 14.9. The van der Waals surface area contributed by atoms with E-state index in [1.165, 1.54) is 19.9 Å². The molecule has 0 aromatic rings. The number of carbonyl (C=O) groups is 3. The summed E-state index contributed by atoms with van der Waals surface area (Å²) >= 11 is 0. The molecular formula is C12H20O6Si. The SMILES string of the molecule is CC=CC(=O)OCCC[Si](C)(OC(C)=O)OC(C)=O. The van der Waals surface area contributed by atoms with Gasteiger partial charge >= 0.3 is 14.5 Å². The Morgan fingerprint density at radius 3 is 2.05 bits per heavy atom. The maximum atomic E-state index is 11.1. The largest absolute Gasteiger partial charge is 0.485 e. The fourth-order valence-electron chi connectivity index (χ4n) is 1.48. The summed E-state index contributed by atoms with van der Waals surface area (Å²) in [6.07, 6.45) is 3.36. The van der Waals surface area contributed by atoms with E-state index in [1.54, 1.807) is 19.5 Å². The van der Waals surface area contributed by atoms with Crippen molar-refractivity contribution in [3.8, 4) is 0 Å². The fraction of sp³-hybridized carbons (Fsp3) is 0.583. The summed E-state index contributed by atoms with van der Waals surface area (Å²) in [5, 5.41) is 0. The summed E-state index contributed by atoms with van der Waals surface area (Å²) in [5.74, 6) is -1.39. The van der Waals surface area contributed by atoms with Gasteiger partial charge in [0.2, 0.25) is 0 Å². The molecule has 7 heteroatoms. The number of hydrogen-bond acceptors (Lipinski definition) is 6. The first-order chi connectivity index (χ1) is 8.79. The predicted molar refractivity (Wildman–Crippen MR) is 70.3 cm³/mol. The van der Waals surface area contributed by atoms with Gasteiger partial charge in [0.15, 0.2) is 0 Å². The molecule has 0 aliphatic rings. The molecule has 0 heterocycles. The zero-order valence-corrected chi connectivity index (χ0v) is 12.7. The molecule has 0 saturated carbocycles. The maximum absolute atomic E-state index is 11.1. The highest BCUT2D eigenvalue weighted by molar-refractivity contribution is 6.69. The molecule has 0 aromatic carbocycles. The molecule has 0 unspecified atom stereocenters.